The molecule has 17 nitrogen and oxygen atoms in total. The van der Waals surface area contributed by atoms with E-state index in [1.165, 1.54) is 0 Å². The molecule has 4 aliphatic heterocycles. The third kappa shape index (κ3) is 8.65. The highest BCUT2D eigenvalue weighted by Crippen LogP contribution is 2.36. The molecule has 4 aliphatic rings. The molecule has 6 heterocycles. The number of pyridine rings is 1. The number of methoxy groups -OCH3 is 1. The van der Waals surface area contributed by atoms with E-state index < -0.39 is 29.7 Å². The van der Waals surface area contributed by atoms with Crippen LogP contribution >= 0.6 is 11.3 Å². The predicted molar refractivity (Wildman–Crippen MR) is 235 cm³/mol. The number of ether oxygens (including phenoxy) is 2. The number of hydrogen-bond acceptors (Lipinski definition) is 14. The number of benzene rings is 3. The number of amides is 6. The molecule has 0 bridgehead atoms. The van der Waals surface area contributed by atoms with Gasteiger partial charge in [-0.25, -0.2) is 0 Å². The Morgan fingerprint density at radius 1 is 0.828 bits per heavy atom. The van der Waals surface area contributed by atoms with Gasteiger partial charge in [0.2, 0.25) is 16.9 Å². The summed E-state index contributed by atoms with van der Waals surface area (Å²) in [6, 6.07) is 20.6. The maximum Gasteiger partial charge on any atom is 0.296 e. The molecule has 3 fully saturated rings. The van der Waals surface area contributed by atoms with Gasteiger partial charge in [-0.05, 0) is 78.5 Å². The number of nitrogens with zero attached hydrogens (tertiary/aromatic N) is 7. The van der Waals surface area contributed by atoms with Crippen LogP contribution in [0.2, 0.25) is 0 Å². The van der Waals surface area contributed by atoms with Crippen LogP contribution in [-0.2, 0) is 16.2 Å². The van der Waals surface area contributed by atoms with Crippen molar-refractivity contribution >= 4 is 57.6 Å². The van der Waals surface area contributed by atoms with Crippen molar-refractivity contribution in [3.05, 3.63) is 113 Å². The Hall–Kier alpha value is -7.05. The van der Waals surface area contributed by atoms with Crippen molar-refractivity contribution in [3.8, 4) is 22.1 Å². The van der Waals surface area contributed by atoms with Crippen molar-refractivity contribution in [1.82, 2.24) is 35.2 Å². The standard InChI is InChI=1S/C46H45N9O8S/c1-62-37-8-3-2-5-31(37)34-25-47-18-15-32(34)40(57)49-45-50-51-46(64-45)63-27-29-9-11-30(12-10-29)42(59)54-19-16-28(17-20-54)26-52-21-23-53(24-22-52)35-7-4-6-33-39(35)44(61)55(43(33)60)36-13-14-38(56)48-41(36)58/h2-12,15,18,25,28,36H,13-14,16-17,19-24,26-27H2,1H3,(H,48,56,58)(H,49,50,57). The fourth-order valence-electron chi connectivity index (χ4n) is 8.84. The first-order valence-corrected chi connectivity index (χ1v) is 22.0. The predicted octanol–water partition coefficient (Wildman–Crippen LogP) is 4.52. The number of rotatable bonds is 12. The van der Waals surface area contributed by atoms with Crippen molar-refractivity contribution in [2.45, 2.75) is 38.3 Å². The monoisotopic (exact) mass is 883 g/mol. The van der Waals surface area contributed by atoms with Crippen LogP contribution in [0.5, 0.6) is 10.9 Å². The van der Waals surface area contributed by atoms with E-state index in [4.69, 9.17) is 9.47 Å². The summed E-state index contributed by atoms with van der Waals surface area (Å²) in [4.78, 5) is 89.7. The molecule has 2 aromatic heterocycles. The Morgan fingerprint density at radius 2 is 1.59 bits per heavy atom. The summed E-state index contributed by atoms with van der Waals surface area (Å²) in [6.45, 7) is 5.37. The first-order chi connectivity index (χ1) is 31.1. The first kappa shape index (κ1) is 42.3. The van der Waals surface area contributed by atoms with Gasteiger partial charge in [0.05, 0.1) is 29.5 Å². The highest BCUT2D eigenvalue weighted by Gasteiger charge is 2.46. The molecule has 0 radical (unpaired) electrons. The Kier molecular flexibility index (Phi) is 12.1. The fraction of sp³-hybridized carbons (Fsp3) is 0.326. The quantitative estimate of drug-likeness (QED) is 0.166. The minimum Gasteiger partial charge on any atom is -0.496 e. The number of likely N-dealkylation sites (tertiary alicyclic amines) is 1. The number of para-hydroxylation sites is 1. The zero-order valence-electron chi connectivity index (χ0n) is 35.0. The van der Waals surface area contributed by atoms with Crippen LogP contribution in [0.1, 0.15) is 72.7 Å². The highest BCUT2D eigenvalue weighted by molar-refractivity contribution is 7.17. The van der Waals surface area contributed by atoms with Crippen LogP contribution in [0, 0.1) is 5.92 Å². The van der Waals surface area contributed by atoms with Gasteiger partial charge in [0.25, 0.3) is 28.8 Å². The second-order valence-corrected chi connectivity index (χ2v) is 17.0. The van der Waals surface area contributed by atoms with E-state index in [0.717, 1.165) is 59.8 Å². The van der Waals surface area contributed by atoms with Crippen LogP contribution < -0.4 is 25.0 Å². The van der Waals surface area contributed by atoms with E-state index >= 15 is 0 Å². The lowest BCUT2D eigenvalue weighted by Crippen LogP contribution is -2.54. The smallest absolute Gasteiger partial charge is 0.296 e. The number of fused-ring (bicyclic) bond motifs is 1. The lowest BCUT2D eigenvalue weighted by atomic mass is 9.95. The van der Waals surface area contributed by atoms with Gasteiger partial charge in [-0.3, -0.25) is 54.2 Å². The van der Waals surface area contributed by atoms with Gasteiger partial charge in [-0.2, -0.15) is 0 Å². The molecular weight excluding hydrogens is 839 g/mol. The van der Waals surface area contributed by atoms with Crippen molar-refractivity contribution in [2.24, 2.45) is 5.92 Å². The SMILES string of the molecule is COc1ccccc1-c1cnccc1C(=O)Nc1nnc(OCc2ccc(C(=O)N3CCC(CN4CCN(c5cccc6c5C(=O)N(C5CCC(=O)NC5=O)C6=O)CC4)CC3)cc2)s1. The maximum atomic E-state index is 13.6. The van der Waals surface area contributed by atoms with Crippen LogP contribution in [0.4, 0.5) is 10.8 Å². The van der Waals surface area contributed by atoms with Gasteiger partial charge < -0.3 is 19.3 Å². The third-order valence-electron chi connectivity index (χ3n) is 12.2. The average molecular weight is 884 g/mol. The number of piperazine rings is 1. The third-order valence-corrected chi connectivity index (χ3v) is 13.0. The van der Waals surface area contributed by atoms with Gasteiger partial charge in [0.15, 0.2) is 0 Å². The van der Waals surface area contributed by atoms with Crippen molar-refractivity contribution in [3.63, 3.8) is 0 Å². The molecular formula is C46H45N9O8S. The highest BCUT2D eigenvalue weighted by atomic mass is 32.1. The lowest BCUT2D eigenvalue weighted by molar-refractivity contribution is -0.136. The largest absolute Gasteiger partial charge is 0.496 e. The summed E-state index contributed by atoms with van der Waals surface area (Å²) < 4.78 is 11.4. The zero-order chi connectivity index (χ0) is 44.3. The van der Waals surface area contributed by atoms with E-state index in [1.54, 1.807) is 37.7 Å². The molecule has 18 heteroatoms. The summed E-state index contributed by atoms with van der Waals surface area (Å²) in [5.41, 5.74) is 4.51. The first-order valence-electron chi connectivity index (χ1n) is 21.2. The minimum absolute atomic E-state index is 0.00769. The molecule has 1 atom stereocenters. The Morgan fingerprint density at radius 3 is 2.36 bits per heavy atom. The summed E-state index contributed by atoms with van der Waals surface area (Å²) in [5, 5.41) is 13.8. The summed E-state index contributed by atoms with van der Waals surface area (Å²) >= 11 is 1.11. The second kappa shape index (κ2) is 18.4. The second-order valence-electron chi connectivity index (χ2n) is 16.1. The van der Waals surface area contributed by atoms with Crippen LogP contribution in [-0.4, -0.2) is 124 Å². The number of aromatic nitrogens is 3. The summed E-state index contributed by atoms with van der Waals surface area (Å²) in [5.74, 6) is -1.34. The molecule has 3 aromatic carbocycles. The molecule has 0 spiro atoms. The number of nitrogens with one attached hydrogen (secondary N) is 2. The van der Waals surface area contributed by atoms with Gasteiger partial charge in [-0.15, -0.1) is 5.10 Å². The number of piperidine rings is 2. The van der Waals surface area contributed by atoms with Crippen molar-refractivity contribution in [2.75, 3.05) is 63.1 Å². The topological polar surface area (TPSA) is 197 Å². The molecule has 5 aromatic rings. The number of imide groups is 2. The Balaban J connectivity index is 0.719. The molecule has 328 valence electrons. The van der Waals surface area contributed by atoms with Gasteiger partial charge in [-0.1, -0.05) is 41.5 Å². The molecule has 0 aliphatic carbocycles. The molecule has 3 saturated heterocycles. The van der Waals surface area contributed by atoms with E-state index in [1.807, 2.05) is 59.5 Å². The van der Waals surface area contributed by atoms with E-state index in [-0.39, 0.29) is 47.2 Å². The Labute approximate surface area is 372 Å². The number of carbonyl (C=O) groups excluding carboxylic acids is 6. The normalized spacial score (nSPS) is 18.2. The lowest BCUT2D eigenvalue weighted by Gasteiger charge is -2.40. The fourth-order valence-corrected chi connectivity index (χ4v) is 9.43. The Bertz CT molecular complexity index is 2620. The molecule has 1 unspecified atom stereocenters. The van der Waals surface area contributed by atoms with Gasteiger partial charge in [0.1, 0.15) is 18.4 Å². The van der Waals surface area contributed by atoms with Gasteiger partial charge in [0, 0.05) is 81.3 Å². The number of anilines is 2. The summed E-state index contributed by atoms with van der Waals surface area (Å²) in [7, 11) is 1.57. The van der Waals surface area contributed by atoms with E-state index in [9.17, 15) is 28.8 Å². The molecule has 9 rings (SSSR count). The van der Waals surface area contributed by atoms with E-state index in [2.05, 4.69) is 35.6 Å². The maximum absolute atomic E-state index is 13.6. The van der Waals surface area contributed by atoms with Crippen molar-refractivity contribution < 1.29 is 38.2 Å². The average Bonchev–Trinajstić information content (AvgIpc) is 3.88. The zero-order valence-corrected chi connectivity index (χ0v) is 35.8. The van der Waals surface area contributed by atoms with Crippen LogP contribution in [0.15, 0.2) is 85.2 Å². The minimum atomic E-state index is -1.00. The molecule has 2 N–H and O–H groups in total. The summed E-state index contributed by atoms with van der Waals surface area (Å²) in [6.07, 6.45) is 5.15. The van der Waals surface area contributed by atoms with Crippen molar-refractivity contribution in [1.29, 1.82) is 0 Å². The molecule has 0 saturated carbocycles. The van der Waals surface area contributed by atoms with Crippen LogP contribution in [0.25, 0.3) is 11.1 Å². The van der Waals surface area contributed by atoms with E-state index in [0.29, 0.717) is 65.8 Å². The number of hydrogen-bond donors (Lipinski definition) is 2. The molecule has 64 heavy (non-hydrogen) atoms. The van der Waals surface area contributed by atoms with Gasteiger partial charge >= 0.3 is 0 Å². The van der Waals surface area contributed by atoms with Crippen LogP contribution in [0.3, 0.4) is 0 Å². The number of carbonyl (C=O) groups is 6. The molecule has 6 amide bonds.